The van der Waals surface area contributed by atoms with E-state index in [4.69, 9.17) is 0 Å². The topological polar surface area (TPSA) is 24.9 Å². The van der Waals surface area contributed by atoms with Crippen molar-refractivity contribution in [3.8, 4) is 0 Å². The van der Waals surface area contributed by atoms with Gasteiger partial charge in [-0.3, -0.25) is 4.98 Å². The maximum atomic E-state index is 4.24. The fraction of sp³-hybridized carbons (Fsp3) is 0.438. The summed E-state index contributed by atoms with van der Waals surface area (Å²) in [5.41, 5.74) is 1.28. The zero-order valence-electron chi connectivity index (χ0n) is 11.7. The van der Waals surface area contributed by atoms with Gasteiger partial charge in [-0.1, -0.05) is 19.9 Å². The highest BCUT2D eigenvalue weighted by Gasteiger charge is 2.12. The summed E-state index contributed by atoms with van der Waals surface area (Å²) in [6.07, 6.45) is 7.14. The highest BCUT2D eigenvalue weighted by atomic mass is 32.1. The summed E-state index contributed by atoms with van der Waals surface area (Å²) >= 11 is 1.93. The van der Waals surface area contributed by atoms with E-state index in [-0.39, 0.29) is 0 Å². The number of aromatic nitrogens is 1. The second kappa shape index (κ2) is 7.41. The van der Waals surface area contributed by atoms with Gasteiger partial charge in [0.15, 0.2) is 0 Å². The maximum absolute atomic E-state index is 4.24. The van der Waals surface area contributed by atoms with Crippen molar-refractivity contribution >= 4 is 11.3 Å². The number of nitrogens with one attached hydrogen (secondary N) is 1. The molecule has 19 heavy (non-hydrogen) atoms. The minimum Gasteiger partial charge on any atom is -0.310 e. The third-order valence-corrected chi connectivity index (χ3v) is 4.45. The molecule has 0 aliphatic heterocycles. The summed E-state index contributed by atoms with van der Waals surface area (Å²) in [6, 6.07) is 9.06. The zero-order chi connectivity index (χ0) is 13.5. The lowest BCUT2D eigenvalue weighted by molar-refractivity contribution is 0.531. The maximum Gasteiger partial charge on any atom is 0.0384 e. The van der Waals surface area contributed by atoms with E-state index in [0.29, 0.717) is 6.04 Å². The SMILES string of the molecule is CCCNC(Cc1ccc(CC)s1)c1cccnc1. The molecule has 2 aromatic rings. The van der Waals surface area contributed by atoms with Crippen LogP contribution in [-0.4, -0.2) is 11.5 Å². The van der Waals surface area contributed by atoms with Crippen molar-refractivity contribution in [2.75, 3.05) is 6.54 Å². The summed E-state index contributed by atoms with van der Waals surface area (Å²) in [5.74, 6) is 0. The van der Waals surface area contributed by atoms with Crippen LogP contribution >= 0.6 is 11.3 Å². The Bertz CT molecular complexity index is 479. The van der Waals surface area contributed by atoms with Crippen LogP contribution in [0.15, 0.2) is 36.7 Å². The summed E-state index contributed by atoms with van der Waals surface area (Å²) in [4.78, 5) is 7.16. The molecule has 0 aromatic carbocycles. The normalized spacial score (nSPS) is 12.5. The summed E-state index contributed by atoms with van der Waals surface area (Å²) in [7, 11) is 0. The van der Waals surface area contributed by atoms with E-state index in [9.17, 15) is 0 Å². The molecule has 1 unspecified atom stereocenters. The van der Waals surface area contributed by atoms with Gasteiger partial charge in [-0.15, -0.1) is 11.3 Å². The molecule has 102 valence electrons. The first-order valence-electron chi connectivity index (χ1n) is 7.04. The molecule has 3 heteroatoms. The Morgan fingerprint density at radius 3 is 2.68 bits per heavy atom. The number of hydrogen-bond acceptors (Lipinski definition) is 3. The standard InChI is InChI=1S/C16H22N2S/c1-3-9-18-16(13-6-5-10-17-12-13)11-15-8-7-14(4-2)19-15/h5-8,10,12,16,18H,3-4,9,11H2,1-2H3. The molecule has 0 spiro atoms. The molecule has 0 saturated carbocycles. The van der Waals surface area contributed by atoms with Gasteiger partial charge < -0.3 is 5.32 Å². The van der Waals surface area contributed by atoms with Crippen LogP contribution in [0, 0.1) is 0 Å². The lowest BCUT2D eigenvalue weighted by Gasteiger charge is -2.17. The molecular weight excluding hydrogens is 252 g/mol. The van der Waals surface area contributed by atoms with Crippen molar-refractivity contribution in [1.82, 2.24) is 10.3 Å². The van der Waals surface area contributed by atoms with E-state index in [0.717, 1.165) is 25.8 Å². The first-order chi connectivity index (χ1) is 9.33. The van der Waals surface area contributed by atoms with Crippen LogP contribution in [0.4, 0.5) is 0 Å². The van der Waals surface area contributed by atoms with Crippen molar-refractivity contribution in [2.24, 2.45) is 0 Å². The Morgan fingerprint density at radius 1 is 1.21 bits per heavy atom. The fourth-order valence-corrected chi connectivity index (χ4v) is 3.14. The summed E-state index contributed by atoms with van der Waals surface area (Å²) < 4.78 is 0. The predicted molar refractivity (Wildman–Crippen MR) is 82.7 cm³/mol. The third kappa shape index (κ3) is 4.15. The quantitative estimate of drug-likeness (QED) is 0.826. The van der Waals surface area contributed by atoms with Crippen LogP contribution in [0.3, 0.4) is 0 Å². The van der Waals surface area contributed by atoms with E-state index in [1.807, 2.05) is 29.8 Å². The molecule has 0 aliphatic carbocycles. The largest absolute Gasteiger partial charge is 0.310 e. The molecule has 2 rings (SSSR count). The third-order valence-electron chi connectivity index (χ3n) is 3.20. The molecule has 2 aromatic heterocycles. The van der Waals surface area contributed by atoms with Gasteiger partial charge in [-0.2, -0.15) is 0 Å². The molecule has 0 saturated heterocycles. The first kappa shape index (κ1) is 14.2. The average Bonchev–Trinajstić information content (AvgIpc) is 2.92. The Hall–Kier alpha value is -1.19. The van der Waals surface area contributed by atoms with E-state index >= 15 is 0 Å². The van der Waals surface area contributed by atoms with Crippen LogP contribution in [0.1, 0.15) is 41.6 Å². The molecule has 0 bridgehead atoms. The minimum atomic E-state index is 0.372. The number of pyridine rings is 1. The molecule has 2 heterocycles. The molecule has 0 fully saturated rings. The number of thiophene rings is 1. The van der Waals surface area contributed by atoms with Crippen LogP contribution in [0.25, 0.3) is 0 Å². The number of hydrogen-bond donors (Lipinski definition) is 1. The lowest BCUT2D eigenvalue weighted by atomic mass is 10.0. The van der Waals surface area contributed by atoms with Gasteiger partial charge in [0.25, 0.3) is 0 Å². The average molecular weight is 274 g/mol. The highest BCUT2D eigenvalue weighted by Crippen LogP contribution is 2.24. The van der Waals surface area contributed by atoms with E-state index in [2.05, 4.69) is 42.3 Å². The van der Waals surface area contributed by atoms with Crippen LogP contribution in [-0.2, 0) is 12.8 Å². The smallest absolute Gasteiger partial charge is 0.0384 e. The molecule has 0 amide bonds. The van der Waals surface area contributed by atoms with Crippen molar-refractivity contribution in [1.29, 1.82) is 0 Å². The second-order valence-electron chi connectivity index (χ2n) is 4.72. The van der Waals surface area contributed by atoms with Crippen molar-refractivity contribution in [3.63, 3.8) is 0 Å². The Balaban J connectivity index is 2.09. The molecule has 1 atom stereocenters. The molecular formula is C16H22N2S. The van der Waals surface area contributed by atoms with Crippen LogP contribution in [0.5, 0.6) is 0 Å². The summed E-state index contributed by atoms with van der Waals surface area (Å²) in [5, 5.41) is 3.63. The first-order valence-corrected chi connectivity index (χ1v) is 7.86. The van der Waals surface area contributed by atoms with Gasteiger partial charge in [-0.05, 0) is 43.1 Å². The van der Waals surface area contributed by atoms with E-state index < -0.39 is 0 Å². The second-order valence-corrected chi connectivity index (χ2v) is 5.97. The zero-order valence-corrected chi connectivity index (χ0v) is 12.5. The lowest BCUT2D eigenvalue weighted by Crippen LogP contribution is -2.23. The molecule has 1 N–H and O–H groups in total. The van der Waals surface area contributed by atoms with Crippen LogP contribution < -0.4 is 5.32 Å². The van der Waals surface area contributed by atoms with Crippen molar-refractivity contribution in [2.45, 2.75) is 39.2 Å². The monoisotopic (exact) mass is 274 g/mol. The number of nitrogens with zero attached hydrogens (tertiary/aromatic N) is 1. The van der Waals surface area contributed by atoms with Crippen molar-refractivity contribution in [3.05, 3.63) is 52.0 Å². The predicted octanol–water partition coefficient (Wildman–Crippen LogP) is 3.99. The Morgan fingerprint density at radius 2 is 2.05 bits per heavy atom. The number of rotatable bonds is 7. The fourth-order valence-electron chi connectivity index (χ4n) is 2.13. The number of aryl methyl sites for hydroxylation is 1. The Labute approximate surface area is 119 Å². The van der Waals surface area contributed by atoms with Gasteiger partial charge >= 0.3 is 0 Å². The molecule has 2 nitrogen and oxygen atoms in total. The van der Waals surface area contributed by atoms with Gasteiger partial charge in [-0.25, -0.2) is 0 Å². The Kier molecular flexibility index (Phi) is 5.55. The minimum absolute atomic E-state index is 0.372. The van der Waals surface area contributed by atoms with E-state index in [1.54, 1.807) is 0 Å². The van der Waals surface area contributed by atoms with Gasteiger partial charge in [0.2, 0.25) is 0 Å². The van der Waals surface area contributed by atoms with Crippen molar-refractivity contribution < 1.29 is 0 Å². The van der Waals surface area contributed by atoms with Gasteiger partial charge in [0.05, 0.1) is 0 Å². The van der Waals surface area contributed by atoms with E-state index in [1.165, 1.54) is 15.3 Å². The summed E-state index contributed by atoms with van der Waals surface area (Å²) in [6.45, 7) is 5.46. The molecule has 0 aliphatic rings. The van der Waals surface area contributed by atoms with Crippen LogP contribution in [0.2, 0.25) is 0 Å². The highest BCUT2D eigenvalue weighted by molar-refractivity contribution is 7.11. The van der Waals surface area contributed by atoms with Gasteiger partial charge in [0.1, 0.15) is 0 Å². The van der Waals surface area contributed by atoms with Gasteiger partial charge in [0, 0.05) is 34.6 Å². The molecule has 0 radical (unpaired) electrons.